The highest BCUT2D eigenvalue weighted by atomic mass is 16.8. The van der Waals surface area contributed by atoms with Gasteiger partial charge in [-0.2, -0.15) is 0 Å². The fraction of sp³-hybridized carbons (Fsp3) is 0.740. The summed E-state index contributed by atoms with van der Waals surface area (Å²) >= 11 is 0. The van der Waals surface area contributed by atoms with Crippen LogP contribution in [0.25, 0.3) is 0 Å². The highest BCUT2D eigenvalue weighted by Crippen LogP contribution is 2.33. The van der Waals surface area contributed by atoms with Crippen molar-refractivity contribution < 1.29 is 89.4 Å². The van der Waals surface area contributed by atoms with Crippen LogP contribution >= 0.6 is 0 Å². The summed E-state index contributed by atoms with van der Waals surface area (Å²) in [5, 5.41) is 119. The van der Waals surface area contributed by atoms with E-state index in [1.165, 1.54) is 0 Å². The number of aliphatic hydroxyl groups excluding tert-OH is 11. The Hall–Kier alpha value is -2.77. The molecule has 3 rings (SSSR count). The highest BCUT2D eigenvalue weighted by Gasteiger charge is 2.53. The average Bonchev–Trinajstić information content (AvgIpc) is 3.34. The fourth-order valence-electron chi connectivity index (χ4n) is 7.86. The second-order valence-electron chi connectivity index (χ2n) is 17.5. The topological polar surface area (TPSA) is 307 Å². The Morgan fingerprint density at radius 1 is 0.536 bits per heavy atom. The molecule has 3 aliphatic rings. The van der Waals surface area contributed by atoms with Crippen LogP contribution in [0.4, 0.5) is 0 Å². The molecular formula is C50H83NO18. The van der Waals surface area contributed by atoms with Crippen molar-refractivity contribution in [2.24, 2.45) is 0 Å². The molecule has 3 saturated heterocycles. The predicted octanol–water partition coefficient (Wildman–Crippen LogP) is 1.14. The van der Waals surface area contributed by atoms with Crippen molar-refractivity contribution in [1.29, 1.82) is 0 Å². The Labute approximate surface area is 407 Å². The zero-order valence-corrected chi connectivity index (χ0v) is 40.2. The molecule has 19 heteroatoms. The second-order valence-corrected chi connectivity index (χ2v) is 17.5. The number of unbranched alkanes of at least 4 members (excludes halogenated alkanes) is 6. The first-order chi connectivity index (χ1) is 33.3. The second kappa shape index (κ2) is 34.6. The van der Waals surface area contributed by atoms with Crippen LogP contribution in [0.5, 0.6) is 0 Å². The number of aliphatic hydroxyl groups is 11. The number of hydrogen-bond donors (Lipinski definition) is 12. The van der Waals surface area contributed by atoms with Crippen LogP contribution in [0.3, 0.4) is 0 Å². The van der Waals surface area contributed by atoms with Crippen LogP contribution in [0, 0.1) is 0 Å². The smallest absolute Gasteiger partial charge is 0.220 e. The van der Waals surface area contributed by atoms with Crippen LogP contribution in [0.2, 0.25) is 0 Å². The summed E-state index contributed by atoms with van der Waals surface area (Å²) in [4.78, 5) is 13.1. The van der Waals surface area contributed by atoms with Gasteiger partial charge < -0.3 is 89.9 Å². The molecule has 3 aliphatic heterocycles. The van der Waals surface area contributed by atoms with Gasteiger partial charge in [0.1, 0.15) is 73.2 Å². The molecule has 396 valence electrons. The third-order valence-corrected chi connectivity index (χ3v) is 12.0. The Kier molecular flexibility index (Phi) is 30.3. The molecule has 69 heavy (non-hydrogen) atoms. The summed E-state index contributed by atoms with van der Waals surface area (Å²) in [5.41, 5.74) is 0. The highest BCUT2D eigenvalue weighted by molar-refractivity contribution is 5.76. The summed E-state index contributed by atoms with van der Waals surface area (Å²) in [6.07, 6.45) is 9.78. The molecule has 0 spiro atoms. The maximum atomic E-state index is 13.1. The third kappa shape index (κ3) is 20.7. The largest absolute Gasteiger partial charge is 0.394 e. The Balaban J connectivity index is 1.51. The van der Waals surface area contributed by atoms with Crippen LogP contribution in [-0.4, -0.2) is 193 Å². The zero-order chi connectivity index (χ0) is 50.6. The van der Waals surface area contributed by atoms with Crippen LogP contribution in [-0.2, 0) is 33.2 Å². The molecule has 0 radical (unpaired) electrons. The molecule has 0 aliphatic carbocycles. The van der Waals surface area contributed by atoms with E-state index in [1.807, 2.05) is 6.08 Å². The van der Waals surface area contributed by atoms with E-state index in [4.69, 9.17) is 28.4 Å². The number of ether oxygens (including phenoxy) is 6. The van der Waals surface area contributed by atoms with Crippen molar-refractivity contribution in [1.82, 2.24) is 5.32 Å². The van der Waals surface area contributed by atoms with Gasteiger partial charge >= 0.3 is 0 Å². The van der Waals surface area contributed by atoms with E-state index in [1.54, 1.807) is 6.08 Å². The van der Waals surface area contributed by atoms with E-state index in [9.17, 15) is 61.0 Å². The molecule has 0 saturated carbocycles. The quantitative estimate of drug-likeness (QED) is 0.0332. The molecule has 0 aromatic carbocycles. The third-order valence-electron chi connectivity index (χ3n) is 12.0. The fourth-order valence-corrected chi connectivity index (χ4v) is 7.86. The lowest BCUT2D eigenvalue weighted by molar-refractivity contribution is -0.379. The normalized spacial score (nSPS) is 33.5. The molecule has 17 atom stereocenters. The lowest BCUT2D eigenvalue weighted by atomic mass is 9.96. The predicted molar refractivity (Wildman–Crippen MR) is 254 cm³/mol. The summed E-state index contributed by atoms with van der Waals surface area (Å²) in [6, 6.07) is -0.989. The van der Waals surface area contributed by atoms with E-state index in [-0.39, 0.29) is 18.9 Å². The van der Waals surface area contributed by atoms with Crippen molar-refractivity contribution in [3.8, 4) is 0 Å². The van der Waals surface area contributed by atoms with Crippen LogP contribution in [0.1, 0.15) is 104 Å². The first-order valence-electron chi connectivity index (χ1n) is 24.7. The molecule has 3 fully saturated rings. The van der Waals surface area contributed by atoms with Gasteiger partial charge in [0.15, 0.2) is 18.9 Å². The van der Waals surface area contributed by atoms with Crippen molar-refractivity contribution >= 4 is 5.91 Å². The number of hydrogen-bond acceptors (Lipinski definition) is 18. The summed E-state index contributed by atoms with van der Waals surface area (Å²) < 4.78 is 33.9. The minimum Gasteiger partial charge on any atom is -0.394 e. The maximum absolute atomic E-state index is 13.1. The lowest BCUT2D eigenvalue weighted by Gasteiger charge is -2.48. The number of carbonyl (C=O) groups is 1. The SMILES string of the molecule is CC/C=C\C/C=C\C/C=C\C/C=C\C/C=C\CCCCCC(=O)NC(COC1OC(CO)C(OC2OC(CO)C(OC3OC(CO)C(O)C(O)C3O)C(O)C2O)C(O)C1O)C(O)/C=C/CCCCC. The van der Waals surface area contributed by atoms with Gasteiger partial charge in [0.2, 0.25) is 5.91 Å². The van der Waals surface area contributed by atoms with Gasteiger partial charge in [-0.25, -0.2) is 0 Å². The van der Waals surface area contributed by atoms with Crippen molar-refractivity contribution in [2.75, 3.05) is 26.4 Å². The van der Waals surface area contributed by atoms with Gasteiger partial charge in [0.05, 0.1) is 38.6 Å². The minimum absolute atomic E-state index is 0.198. The molecule has 12 N–H and O–H groups in total. The molecule has 1 amide bonds. The average molecular weight is 986 g/mol. The van der Waals surface area contributed by atoms with Crippen molar-refractivity contribution in [3.05, 3.63) is 72.9 Å². The zero-order valence-electron chi connectivity index (χ0n) is 40.2. The van der Waals surface area contributed by atoms with E-state index in [0.29, 0.717) is 12.8 Å². The van der Waals surface area contributed by atoms with Crippen molar-refractivity contribution in [2.45, 2.75) is 208 Å². The Morgan fingerprint density at radius 2 is 1.00 bits per heavy atom. The van der Waals surface area contributed by atoms with Gasteiger partial charge in [0.25, 0.3) is 0 Å². The number of carbonyl (C=O) groups excluding carboxylic acids is 1. The van der Waals surface area contributed by atoms with Crippen LogP contribution < -0.4 is 5.32 Å². The standard InChI is InChI=1S/C50H83NO18/c1-3-5-7-9-10-11-12-13-14-15-16-17-18-19-20-21-22-24-26-28-38(56)51-33(34(55)27-25-23-8-6-4-2)32-64-48-44(62)41(59)46(36(30-53)66-48)69-50-45(63)42(60)47(37(31-54)67-50)68-49-43(61)40(58)39(57)35(29-52)65-49/h5,7,10-11,13-14,16-17,19-20,25,27,33-37,39-50,52-55,57-63H,3-4,6,8-9,12,15,18,21-24,26,28-32H2,1-2H3,(H,51,56)/b7-5-,11-10-,14-13-,17-16-,20-19-,27-25+. The summed E-state index contributed by atoms with van der Waals surface area (Å²) in [6.45, 7) is 1.39. The van der Waals surface area contributed by atoms with E-state index in [2.05, 4.69) is 79.9 Å². The van der Waals surface area contributed by atoms with Gasteiger partial charge in [-0.1, -0.05) is 106 Å². The van der Waals surface area contributed by atoms with Crippen LogP contribution in [0.15, 0.2) is 72.9 Å². The Morgan fingerprint density at radius 3 is 1.54 bits per heavy atom. The molecule has 0 aromatic rings. The first kappa shape index (κ1) is 60.5. The van der Waals surface area contributed by atoms with Gasteiger partial charge in [-0.15, -0.1) is 0 Å². The number of allylic oxidation sites excluding steroid dienone is 11. The number of rotatable bonds is 32. The molecule has 0 bridgehead atoms. The summed E-state index contributed by atoms with van der Waals surface area (Å²) in [5.74, 6) is -0.320. The van der Waals surface area contributed by atoms with E-state index in [0.717, 1.165) is 70.6 Å². The monoisotopic (exact) mass is 986 g/mol. The number of nitrogens with one attached hydrogen (secondary N) is 1. The van der Waals surface area contributed by atoms with E-state index < -0.39 is 124 Å². The van der Waals surface area contributed by atoms with E-state index >= 15 is 0 Å². The molecule has 3 heterocycles. The number of amides is 1. The van der Waals surface area contributed by atoms with Gasteiger partial charge in [-0.3, -0.25) is 4.79 Å². The molecule has 0 aromatic heterocycles. The molecule has 17 unspecified atom stereocenters. The first-order valence-corrected chi connectivity index (χ1v) is 24.7. The Bertz CT molecular complexity index is 1560. The summed E-state index contributed by atoms with van der Waals surface area (Å²) in [7, 11) is 0. The van der Waals surface area contributed by atoms with Crippen molar-refractivity contribution in [3.63, 3.8) is 0 Å². The maximum Gasteiger partial charge on any atom is 0.220 e. The minimum atomic E-state index is -1.98. The molecular weight excluding hydrogens is 903 g/mol. The van der Waals surface area contributed by atoms with Gasteiger partial charge in [-0.05, 0) is 64.2 Å². The van der Waals surface area contributed by atoms with Gasteiger partial charge in [0, 0.05) is 6.42 Å². The lowest BCUT2D eigenvalue weighted by Crippen LogP contribution is -2.66. The molecule has 19 nitrogen and oxygen atoms in total.